The molecule has 0 bridgehead atoms. The van der Waals surface area contributed by atoms with Crippen molar-refractivity contribution in [1.29, 1.82) is 0 Å². The summed E-state index contributed by atoms with van der Waals surface area (Å²) < 4.78 is 16.7. The Hall–Kier alpha value is -2.42. The molecule has 0 spiro atoms. The Morgan fingerprint density at radius 2 is 1.93 bits per heavy atom. The van der Waals surface area contributed by atoms with E-state index in [9.17, 15) is 19.8 Å². The number of amides is 1. The van der Waals surface area contributed by atoms with Crippen LogP contribution in [0.2, 0.25) is 0 Å². The molecule has 2 aromatic rings. The van der Waals surface area contributed by atoms with E-state index in [1.165, 1.54) is 19.1 Å². The molecule has 2 heterocycles. The molecule has 1 aliphatic rings. The van der Waals surface area contributed by atoms with Crippen LogP contribution >= 0.6 is 0 Å². The Morgan fingerprint density at radius 1 is 1.22 bits per heavy atom. The summed E-state index contributed by atoms with van der Waals surface area (Å²) in [5.74, 6) is -0.353. The van der Waals surface area contributed by atoms with Crippen molar-refractivity contribution < 1.29 is 28.9 Å². The predicted molar refractivity (Wildman–Crippen MR) is 97.5 cm³/mol. The van der Waals surface area contributed by atoms with Gasteiger partial charge in [0.1, 0.15) is 23.1 Å². The van der Waals surface area contributed by atoms with Gasteiger partial charge in [0.15, 0.2) is 0 Å². The van der Waals surface area contributed by atoms with Gasteiger partial charge >= 0.3 is 5.63 Å². The van der Waals surface area contributed by atoms with Gasteiger partial charge in [-0.2, -0.15) is 0 Å². The van der Waals surface area contributed by atoms with Crippen molar-refractivity contribution in [1.82, 2.24) is 0 Å². The summed E-state index contributed by atoms with van der Waals surface area (Å²) in [6.45, 7) is 6.71. The number of aliphatic hydroxyl groups excluding tert-OH is 2. The summed E-state index contributed by atoms with van der Waals surface area (Å²) in [5.41, 5.74) is -1.08. The Kier molecular flexibility index (Phi) is 4.98. The van der Waals surface area contributed by atoms with Gasteiger partial charge in [-0.15, -0.1) is 0 Å². The van der Waals surface area contributed by atoms with E-state index in [1.54, 1.807) is 19.1 Å². The first-order chi connectivity index (χ1) is 12.6. The summed E-state index contributed by atoms with van der Waals surface area (Å²) in [5, 5.41) is 23.5. The van der Waals surface area contributed by atoms with Crippen LogP contribution in [0.1, 0.15) is 27.7 Å². The van der Waals surface area contributed by atoms with Crippen LogP contribution < -0.4 is 15.7 Å². The molecule has 27 heavy (non-hydrogen) atoms. The van der Waals surface area contributed by atoms with Gasteiger partial charge in [0.25, 0.3) is 0 Å². The highest BCUT2D eigenvalue weighted by atomic mass is 16.7. The van der Waals surface area contributed by atoms with Gasteiger partial charge in [-0.05, 0) is 32.0 Å². The lowest BCUT2D eigenvalue weighted by molar-refractivity contribution is -0.284. The van der Waals surface area contributed by atoms with Crippen LogP contribution in [0.5, 0.6) is 5.75 Å². The number of carbonyl (C=O) groups excluding carboxylic acids is 1. The highest BCUT2D eigenvalue weighted by molar-refractivity contribution is 5.91. The molecule has 3 rings (SSSR count). The van der Waals surface area contributed by atoms with Crippen LogP contribution in [-0.4, -0.2) is 40.2 Å². The van der Waals surface area contributed by atoms with E-state index in [1.807, 2.05) is 13.8 Å². The third-order valence-electron chi connectivity index (χ3n) is 4.93. The zero-order chi connectivity index (χ0) is 19.9. The Bertz CT molecular complexity index is 920. The van der Waals surface area contributed by atoms with Crippen molar-refractivity contribution >= 4 is 22.6 Å². The second kappa shape index (κ2) is 6.95. The van der Waals surface area contributed by atoms with E-state index < -0.39 is 29.7 Å². The lowest BCUT2D eigenvalue weighted by Gasteiger charge is -2.46. The lowest BCUT2D eigenvalue weighted by atomic mass is 9.82. The molecule has 8 nitrogen and oxygen atoms in total. The standard InChI is InChI=1S/C19H23NO7/c1-9-15(22)16(23)18(27-19(9,3)4)25-12-6-5-11-7-13(20-10(2)21)17(24)26-14(11)8-12/h5-9,15-16,18,22-23H,1-4H3,(H,20,21)/t9-,15+,16+,18?/m1/s1. The minimum atomic E-state index is -1.22. The average molecular weight is 377 g/mol. The SMILES string of the molecule is CC(=O)Nc1cc2ccc(OC3OC(C)(C)[C@H](C)[C@H](O)[C@@H]3O)cc2oc1=O. The minimum absolute atomic E-state index is 0.0496. The van der Waals surface area contributed by atoms with Gasteiger partial charge in [0.2, 0.25) is 12.2 Å². The maximum atomic E-state index is 12.0. The van der Waals surface area contributed by atoms with Crippen molar-refractivity contribution in [2.24, 2.45) is 5.92 Å². The Labute approximate surface area is 155 Å². The van der Waals surface area contributed by atoms with Crippen LogP contribution in [0.25, 0.3) is 11.0 Å². The topological polar surface area (TPSA) is 118 Å². The zero-order valence-corrected chi connectivity index (χ0v) is 15.6. The number of nitrogens with one attached hydrogen (secondary N) is 1. The van der Waals surface area contributed by atoms with Gasteiger partial charge in [-0.3, -0.25) is 4.79 Å². The molecule has 0 aliphatic carbocycles. The summed E-state index contributed by atoms with van der Waals surface area (Å²) in [6, 6.07) is 6.26. The summed E-state index contributed by atoms with van der Waals surface area (Å²) in [7, 11) is 0. The van der Waals surface area contributed by atoms with Crippen LogP contribution in [0, 0.1) is 5.92 Å². The third kappa shape index (κ3) is 3.83. The molecule has 1 fully saturated rings. The van der Waals surface area contributed by atoms with Crippen LogP contribution in [0.3, 0.4) is 0 Å². The van der Waals surface area contributed by atoms with Crippen molar-refractivity contribution in [2.45, 2.75) is 51.8 Å². The largest absolute Gasteiger partial charge is 0.462 e. The second-order valence-corrected chi connectivity index (χ2v) is 7.31. The fourth-order valence-electron chi connectivity index (χ4n) is 3.01. The molecule has 3 N–H and O–H groups in total. The first kappa shape index (κ1) is 19.3. The van der Waals surface area contributed by atoms with Crippen molar-refractivity contribution in [2.75, 3.05) is 5.32 Å². The number of rotatable bonds is 3. The van der Waals surface area contributed by atoms with Gasteiger partial charge < -0.3 is 29.4 Å². The molecule has 0 radical (unpaired) electrons. The van der Waals surface area contributed by atoms with E-state index in [2.05, 4.69) is 5.32 Å². The lowest BCUT2D eigenvalue weighted by Crippen LogP contribution is -2.59. The number of hydrogen-bond donors (Lipinski definition) is 3. The Balaban J connectivity index is 1.87. The summed E-state index contributed by atoms with van der Waals surface area (Å²) in [6.07, 6.45) is -3.30. The number of ether oxygens (including phenoxy) is 2. The van der Waals surface area contributed by atoms with Gasteiger partial charge in [-0.1, -0.05) is 6.92 Å². The molecule has 8 heteroatoms. The zero-order valence-electron chi connectivity index (χ0n) is 15.6. The number of aliphatic hydroxyl groups is 2. The van der Waals surface area contributed by atoms with Gasteiger partial charge in [0.05, 0.1) is 11.7 Å². The van der Waals surface area contributed by atoms with Crippen LogP contribution in [-0.2, 0) is 9.53 Å². The number of benzene rings is 1. The van der Waals surface area contributed by atoms with Crippen molar-refractivity contribution in [3.05, 3.63) is 34.7 Å². The number of carbonyl (C=O) groups is 1. The van der Waals surface area contributed by atoms with E-state index >= 15 is 0 Å². The molecule has 1 amide bonds. The van der Waals surface area contributed by atoms with Crippen molar-refractivity contribution in [3.8, 4) is 5.75 Å². The normalized spacial score (nSPS) is 27.3. The van der Waals surface area contributed by atoms with Gasteiger partial charge in [0, 0.05) is 24.3 Å². The maximum Gasteiger partial charge on any atom is 0.360 e. The highest BCUT2D eigenvalue weighted by Crippen LogP contribution is 2.35. The third-order valence-corrected chi connectivity index (χ3v) is 4.93. The summed E-state index contributed by atoms with van der Waals surface area (Å²) in [4.78, 5) is 23.1. The van der Waals surface area contributed by atoms with E-state index in [-0.39, 0.29) is 23.1 Å². The molecule has 1 aromatic carbocycles. The van der Waals surface area contributed by atoms with Gasteiger partial charge in [-0.25, -0.2) is 4.79 Å². The maximum absolute atomic E-state index is 12.0. The predicted octanol–water partition coefficient (Wildman–Crippen LogP) is 1.62. The molecule has 4 atom stereocenters. The minimum Gasteiger partial charge on any atom is -0.462 e. The number of anilines is 1. The molecule has 0 saturated carbocycles. The molecular weight excluding hydrogens is 354 g/mol. The molecule has 146 valence electrons. The average Bonchev–Trinajstić information content (AvgIpc) is 2.58. The monoisotopic (exact) mass is 377 g/mol. The number of hydrogen-bond acceptors (Lipinski definition) is 7. The Morgan fingerprint density at radius 3 is 2.59 bits per heavy atom. The van der Waals surface area contributed by atoms with E-state index in [0.29, 0.717) is 11.1 Å². The molecular formula is C19H23NO7. The fourth-order valence-corrected chi connectivity index (χ4v) is 3.01. The molecule has 1 aliphatic heterocycles. The van der Waals surface area contributed by atoms with E-state index in [0.717, 1.165) is 0 Å². The smallest absolute Gasteiger partial charge is 0.360 e. The highest BCUT2D eigenvalue weighted by Gasteiger charge is 2.47. The quantitative estimate of drug-likeness (QED) is 0.696. The van der Waals surface area contributed by atoms with Crippen LogP contribution in [0.15, 0.2) is 33.5 Å². The molecule has 1 aromatic heterocycles. The van der Waals surface area contributed by atoms with Crippen molar-refractivity contribution in [3.63, 3.8) is 0 Å². The van der Waals surface area contributed by atoms with Crippen LogP contribution in [0.4, 0.5) is 5.69 Å². The fraction of sp³-hybridized carbons (Fsp3) is 0.474. The molecule has 1 unspecified atom stereocenters. The van der Waals surface area contributed by atoms with E-state index in [4.69, 9.17) is 13.9 Å². The summed E-state index contributed by atoms with van der Waals surface area (Å²) >= 11 is 0. The number of fused-ring (bicyclic) bond motifs is 1. The first-order valence-corrected chi connectivity index (χ1v) is 8.64. The first-order valence-electron chi connectivity index (χ1n) is 8.64. The second-order valence-electron chi connectivity index (χ2n) is 7.31. The molecule has 1 saturated heterocycles.